The maximum Gasteiger partial charge on any atom is 0.409 e. The third kappa shape index (κ3) is 9.36. The molecule has 2 aromatic rings. The van der Waals surface area contributed by atoms with Gasteiger partial charge in [-0.3, -0.25) is 24.0 Å². The molecule has 4 rings (SSSR count). The highest BCUT2D eigenvalue weighted by Crippen LogP contribution is 2.29. The summed E-state index contributed by atoms with van der Waals surface area (Å²) in [6.45, 7) is 9.11. The minimum atomic E-state index is -1.17. The van der Waals surface area contributed by atoms with Crippen LogP contribution >= 0.6 is 0 Å². The van der Waals surface area contributed by atoms with Gasteiger partial charge in [0.05, 0.1) is 12.1 Å². The zero-order valence-electron chi connectivity index (χ0n) is 28.6. The van der Waals surface area contributed by atoms with Crippen LogP contribution in [-0.4, -0.2) is 125 Å². The first-order valence-corrected chi connectivity index (χ1v) is 16.8. The van der Waals surface area contributed by atoms with Crippen molar-refractivity contribution in [3.8, 4) is 5.75 Å². The molecule has 0 saturated carbocycles. The van der Waals surface area contributed by atoms with Gasteiger partial charge in [0, 0.05) is 57.1 Å². The van der Waals surface area contributed by atoms with Crippen LogP contribution in [0.3, 0.4) is 0 Å². The van der Waals surface area contributed by atoms with Gasteiger partial charge in [-0.25, -0.2) is 9.78 Å². The number of pyridine rings is 1. The number of piperazine rings is 1. The van der Waals surface area contributed by atoms with E-state index in [1.165, 1.54) is 20.8 Å². The number of benzene rings is 1. The second-order valence-corrected chi connectivity index (χ2v) is 12.3. The van der Waals surface area contributed by atoms with Crippen LogP contribution in [0.4, 0.5) is 4.79 Å². The Bertz CT molecular complexity index is 1570. The van der Waals surface area contributed by atoms with E-state index >= 15 is 0 Å². The molecule has 2 aliphatic heterocycles. The average Bonchev–Trinajstić information content (AvgIpc) is 3.58. The quantitative estimate of drug-likeness (QED) is 0.282. The second-order valence-electron chi connectivity index (χ2n) is 12.3. The van der Waals surface area contributed by atoms with Crippen molar-refractivity contribution in [2.75, 3.05) is 52.5 Å². The fourth-order valence-electron chi connectivity index (χ4n) is 5.92. The summed E-state index contributed by atoms with van der Waals surface area (Å²) >= 11 is 0. The topological polar surface area (TPSA) is 188 Å². The van der Waals surface area contributed by atoms with Crippen molar-refractivity contribution in [2.24, 2.45) is 0 Å². The highest BCUT2D eigenvalue weighted by atomic mass is 16.6. The van der Waals surface area contributed by atoms with Gasteiger partial charge in [-0.2, -0.15) is 0 Å². The minimum absolute atomic E-state index is 0.0866. The lowest BCUT2D eigenvalue weighted by Gasteiger charge is -2.35. The van der Waals surface area contributed by atoms with E-state index in [-0.39, 0.29) is 75.5 Å². The van der Waals surface area contributed by atoms with Crippen molar-refractivity contribution in [1.29, 1.82) is 0 Å². The van der Waals surface area contributed by atoms with Gasteiger partial charge in [-0.1, -0.05) is 6.92 Å². The number of likely N-dealkylation sites (tertiary alicyclic amines) is 1. The molecule has 0 aliphatic carbocycles. The van der Waals surface area contributed by atoms with Gasteiger partial charge < -0.3 is 39.9 Å². The molecule has 2 aliphatic rings. The first kappa shape index (κ1) is 36.9. The van der Waals surface area contributed by atoms with E-state index in [0.717, 1.165) is 17.5 Å². The van der Waals surface area contributed by atoms with Crippen molar-refractivity contribution in [3.05, 3.63) is 35.0 Å². The number of rotatable bonds is 13. The van der Waals surface area contributed by atoms with Crippen molar-refractivity contribution >= 4 is 46.6 Å². The molecule has 2 atom stereocenters. The van der Waals surface area contributed by atoms with E-state index in [2.05, 4.69) is 15.6 Å². The van der Waals surface area contributed by atoms with Gasteiger partial charge in [0.1, 0.15) is 23.5 Å². The Kier molecular flexibility index (Phi) is 12.7. The number of nitrogens with one attached hydrogen (secondary N) is 2. The molecule has 15 nitrogen and oxygen atoms in total. The summed E-state index contributed by atoms with van der Waals surface area (Å²) in [5.41, 5.74) is 2.20. The molecule has 0 unspecified atom stereocenters. The van der Waals surface area contributed by atoms with E-state index < -0.39 is 36.0 Å². The standard InChI is InChI=1S/C34H46N6O9/c1-5-11-35-32(45)27-8-7-12-40(27)29(41)20-49-28-19-26(36-25-18-22(4)21(3)17-23(25)28)31(44)37-24(9-10-30(42)43)33(46)38-13-15-39(16-14-38)34(47)48-6-2/h17-19,24,27H,5-16,20H2,1-4H3,(H,35,45)(H,37,44)(H,42,43)/t24-,27-/m0/s1. The van der Waals surface area contributed by atoms with Crippen molar-refractivity contribution in [3.63, 3.8) is 0 Å². The highest BCUT2D eigenvalue weighted by Gasteiger charge is 2.35. The summed E-state index contributed by atoms with van der Waals surface area (Å²) < 4.78 is 11.1. The van der Waals surface area contributed by atoms with Crippen LogP contribution in [0.5, 0.6) is 5.75 Å². The number of ether oxygens (including phenoxy) is 2. The summed E-state index contributed by atoms with van der Waals surface area (Å²) in [7, 11) is 0. The summed E-state index contributed by atoms with van der Waals surface area (Å²) in [6.07, 6.45) is 1.03. The fraction of sp³-hybridized carbons (Fsp3) is 0.559. The molecule has 5 amide bonds. The summed E-state index contributed by atoms with van der Waals surface area (Å²) in [5.74, 6) is -2.66. The lowest BCUT2D eigenvalue weighted by molar-refractivity contribution is -0.140. The number of carbonyl (C=O) groups is 6. The smallest absolute Gasteiger partial charge is 0.409 e. The summed E-state index contributed by atoms with van der Waals surface area (Å²) in [5, 5.41) is 15.4. The molecule has 0 bridgehead atoms. The van der Waals surface area contributed by atoms with Crippen molar-refractivity contribution in [2.45, 2.75) is 71.9 Å². The van der Waals surface area contributed by atoms with E-state index in [0.29, 0.717) is 36.8 Å². The number of carbonyl (C=O) groups excluding carboxylic acids is 5. The average molecular weight is 683 g/mol. The van der Waals surface area contributed by atoms with E-state index in [9.17, 15) is 33.9 Å². The van der Waals surface area contributed by atoms with E-state index in [1.54, 1.807) is 13.0 Å². The van der Waals surface area contributed by atoms with Crippen molar-refractivity contribution in [1.82, 2.24) is 30.3 Å². The van der Waals surface area contributed by atoms with Gasteiger partial charge in [0.25, 0.3) is 11.8 Å². The molecule has 2 fully saturated rings. The SMILES string of the molecule is CCCNC(=O)[C@@H]1CCCN1C(=O)COc1cc(C(=O)N[C@@H](CCC(=O)O)C(=O)N2CCN(C(=O)OCC)CC2)nc2cc(C)c(C)cc12. The molecule has 2 saturated heterocycles. The third-order valence-corrected chi connectivity index (χ3v) is 8.76. The molecule has 15 heteroatoms. The molecule has 266 valence electrons. The maximum absolute atomic E-state index is 13.7. The Labute approximate surface area is 285 Å². The first-order chi connectivity index (χ1) is 23.4. The minimum Gasteiger partial charge on any atom is -0.483 e. The van der Waals surface area contributed by atoms with E-state index in [4.69, 9.17) is 9.47 Å². The van der Waals surface area contributed by atoms with E-state index in [1.807, 2.05) is 26.8 Å². The number of carboxylic acids is 1. The lowest BCUT2D eigenvalue weighted by atomic mass is 10.0. The zero-order chi connectivity index (χ0) is 35.7. The number of hydrogen-bond acceptors (Lipinski definition) is 9. The van der Waals surface area contributed by atoms with Crippen LogP contribution in [0.1, 0.15) is 67.6 Å². The molecule has 0 radical (unpaired) electrons. The molecule has 1 aromatic heterocycles. The van der Waals surface area contributed by atoms with Gasteiger partial charge >= 0.3 is 12.1 Å². The number of hydrogen-bond donors (Lipinski definition) is 3. The Hall–Kier alpha value is -4.95. The number of amides is 5. The monoisotopic (exact) mass is 682 g/mol. The van der Waals surface area contributed by atoms with Crippen LogP contribution in [-0.2, 0) is 23.9 Å². The lowest BCUT2D eigenvalue weighted by Crippen LogP contribution is -2.56. The van der Waals surface area contributed by atoms with Gasteiger partial charge in [-0.05, 0) is 69.7 Å². The van der Waals surface area contributed by atoms with Crippen LogP contribution in [0.25, 0.3) is 10.9 Å². The van der Waals surface area contributed by atoms with Crippen molar-refractivity contribution < 1.29 is 43.3 Å². The predicted molar refractivity (Wildman–Crippen MR) is 178 cm³/mol. The molecule has 49 heavy (non-hydrogen) atoms. The predicted octanol–water partition coefficient (Wildman–Crippen LogP) is 2.01. The largest absolute Gasteiger partial charge is 0.483 e. The zero-order valence-corrected chi connectivity index (χ0v) is 28.6. The Balaban J connectivity index is 1.53. The van der Waals surface area contributed by atoms with Crippen LogP contribution in [0.15, 0.2) is 18.2 Å². The highest BCUT2D eigenvalue weighted by molar-refractivity contribution is 6.00. The van der Waals surface area contributed by atoms with Gasteiger partial charge in [0.15, 0.2) is 6.61 Å². The van der Waals surface area contributed by atoms with Crippen LogP contribution in [0.2, 0.25) is 0 Å². The Morgan fingerprint density at radius 3 is 2.35 bits per heavy atom. The van der Waals surface area contributed by atoms with Gasteiger partial charge in [-0.15, -0.1) is 0 Å². The second kappa shape index (κ2) is 16.9. The molecular formula is C34H46N6O9. The maximum atomic E-state index is 13.7. The molecule has 1 aromatic carbocycles. The van der Waals surface area contributed by atoms with Crippen LogP contribution < -0.4 is 15.4 Å². The van der Waals surface area contributed by atoms with Gasteiger partial charge in [0.2, 0.25) is 11.8 Å². The number of carboxylic acid groups (broad SMARTS) is 1. The number of aliphatic carboxylic acids is 1. The number of aryl methyl sites for hydroxylation is 2. The normalized spacial score (nSPS) is 16.7. The number of nitrogens with zero attached hydrogens (tertiary/aromatic N) is 4. The molecule has 3 heterocycles. The third-order valence-electron chi connectivity index (χ3n) is 8.76. The Morgan fingerprint density at radius 2 is 1.67 bits per heavy atom. The number of fused-ring (bicyclic) bond motifs is 1. The number of aromatic nitrogens is 1. The Morgan fingerprint density at radius 1 is 0.980 bits per heavy atom. The fourth-order valence-corrected chi connectivity index (χ4v) is 5.92. The molecular weight excluding hydrogens is 636 g/mol. The van der Waals surface area contributed by atoms with Crippen LogP contribution in [0, 0.1) is 13.8 Å². The first-order valence-electron chi connectivity index (χ1n) is 16.8. The summed E-state index contributed by atoms with van der Waals surface area (Å²) in [6, 6.07) is 3.29. The summed E-state index contributed by atoms with van der Waals surface area (Å²) in [4.78, 5) is 85.7. The molecule has 3 N–H and O–H groups in total. The molecule has 0 spiro atoms.